The van der Waals surface area contributed by atoms with Crippen molar-refractivity contribution in [3.8, 4) is 0 Å². The first kappa shape index (κ1) is 11.3. The van der Waals surface area contributed by atoms with Gasteiger partial charge < -0.3 is 4.74 Å². The Balaban J connectivity index is 2.55. The van der Waals surface area contributed by atoms with Crippen LogP contribution in [0.15, 0.2) is 30.5 Å². The van der Waals surface area contributed by atoms with Gasteiger partial charge in [0.1, 0.15) is 6.61 Å². The molecule has 0 aromatic heterocycles. The van der Waals surface area contributed by atoms with Gasteiger partial charge in [-0.25, -0.2) is 0 Å². The van der Waals surface area contributed by atoms with Gasteiger partial charge in [0.05, 0.1) is 5.76 Å². The third-order valence-corrected chi connectivity index (χ3v) is 3.57. The molecule has 0 spiro atoms. The van der Waals surface area contributed by atoms with Crippen molar-refractivity contribution in [2.24, 2.45) is 0 Å². The minimum absolute atomic E-state index is 0.0709. The summed E-state index contributed by atoms with van der Waals surface area (Å²) >= 11 is 0. The molecule has 0 saturated heterocycles. The number of hydrogen-bond acceptors (Lipinski definition) is 1. The lowest BCUT2D eigenvalue weighted by Crippen LogP contribution is -2.28. The number of allylic oxidation sites excluding steroid dienone is 1. The number of ether oxygens (including phenoxy) is 1. The Hall–Kier alpha value is -1.24. The van der Waals surface area contributed by atoms with Crippen LogP contribution in [-0.2, 0) is 16.8 Å². The van der Waals surface area contributed by atoms with Crippen LogP contribution in [0.25, 0.3) is 0 Å². The van der Waals surface area contributed by atoms with Crippen molar-refractivity contribution in [1.82, 2.24) is 0 Å². The van der Waals surface area contributed by atoms with Gasteiger partial charge in [-0.2, -0.15) is 0 Å². The van der Waals surface area contributed by atoms with Crippen molar-refractivity contribution in [2.45, 2.75) is 45.6 Å². The van der Waals surface area contributed by atoms with Crippen LogP contribution in [0.2, 0.25) is 0 Å². The highest BCUT2D eigenvalue weighted by Gasteiger charge is 2.32. The first-order valence-electron chi connectivity index (χ1n) is 5.88. The summed E-state index contributed by atoms with van der Waals surface area (Å²) in [6.07, 6.45) is 0. The van der Waals surface area contributed by atoms with Crippen LogP contribution in [0.4, 0.5) is 0 Å². The molecule has 1 heterocycles. The van der Waals surface area contributed by atoms with Crippen LogP contribution in [0.3, 0.4) is 0 Å². The minimum Gasteiger partial charge on any atom is -0.493 e. The number of benzene rings is 1. The van der Waals surface area contributed by atoms with Gasteiger partial charge >= 0.3 is 0 Å². The molecule has 1 aliphatic rings. The largest absolute Gasteiger partial charge is 0.493 e. The highest BCUT2D eigenvalue weighted by Crippen LogP contribution is 2.39. The van der Waals surface area contributed by atoms with Crippen molar-refractivity contribution in [2.75, 3.05) is 0 Å². The summed E-state index contributed by atoms with van der Waals surface area (Å²) in [4.78, 5) is 0. The molecule has 0 aliphatic carbocycles. The summed E-state index contributed by atoms with van der Waals surface area (Å²) in [5, 5.41) is 0. The lowest BCUT2D eigenvalue weighted by molar-refractivity contribution is 0.142. The summed E-state index contributed by atoms with van der Waals surface area (Å²) in [6, 6.07) is 6.71. The van der Waals surface area contributed by atoms with E-state index in [1.165, 1.54) is 16.7 Å². The average molecular weight is 216 g/mol. The van der Waals surface area contributed by atoms with Crippen molar-refractivity contribution in [3.63, 3.8) is 0 Å². The van der Waals surface area contributed by atoms with Gasteiger partial charge in [0.25, 0.3) is 0 Å². The van der Waals surface area contributed by atoms with Gasteiger partial charge in [0.15, 0.2) is 0 Å². The summed E-state index contributed by atoms with van der Waals surface area (Å²) < 4.78 is 5.63. The quantitative estimate of drug-likeness (QED) is 0.685. The summed E-state index contributed by atoms with van der Waals surface area (Å²) in [6.45, 7) is 13.5. The molecule has 1 aromatic carbocycles. The van der Waals surface area contributed by atoms with Gasteiger partial charge in [-0.3, -0.25) is 0 Å². The van der Waals surface area contributed by atoms with E-state index in [0.29, 0.717) is 12.5 Å². The van der Waals surface area contributed by atoms with Crippen LogP contribution in [0.1, 0.15) is 50.3 Å². The Bertz CT molecular complexity index is 427. The second-order valence-corrected chi connectivity index (χ2v) is 5.41. The first-order valence-corrected chi connectivity index (χ1v) is 5.88. The molecule has 1 aliphatic heterocycles. The molecule has 16 heavy (non-hydrogen) atoms. The third-order valence-electron chi connectivity index (χ3n) is 3.57. The Kier molecular flexibility index (Phi) is 2.57. The molecule has 0 atom stereocenters. The fourth-order valence-electron chi connectivity index (χ4n) is 2.16. The van der Waals surface area contributed by atoms with E-state index in [1.54, 1.807) is 0 Å². The molecule has 1 heteroatoms. The van der Waals surface area contributed by atoms with Crippen LogP contribution in [0.5, 0.6) is 0 Å². The average Bonchev–Trinajstić information content (AvgIpc) is 2.23. The second-order valence-electron chi connectivity index (χ2n) is 5.41. The predicted octanol–water partition coefficient (Wildman–Crippen LogP) is 4.13. The van der Waals surface area contributed by atoms with Crippen molar-refractivity contribution >= 4 is 0 Å². The van der Waals surface area contributed by atoms with Crippen LogP contribution < -0.4 is 0 Å². The Labute approximate surface area is 98.1 Å². The topological polar surface area (TPSA) is 9.23 Å². The Morgan fingerprint density at radius 3 is 2.62 bits per heavy atom. The van der Waals surface area contributed by atoms with E-state index < -0.39 is 0 Å². The molecule has 0 bridgehead atoms. The first-order chi connectivity index (χ1) is 7.43. The van der Waals surface area contributed by atoms with Gasteiger partial charge in [0.2, 0.25) is 0 Å². The molecule has 0 amide bonds. The van der Waals surface area contributed by atoms with Crippen molar-refractivity contribution in [1.29, 1.82) is 0 Å². The van der Waals surface area contributed by atoms with E-state index in [2.05, 4.69) is 52.5 Å². The Morgan fingerprint density at radius 1 is 1.31 bits per heavy atom. The highest BCUT2D eigenvalue weighted by molar-refractivity contribution is 5.43. The molecule has 0 fully saturated rings. The maximum absolute atomic E-state index is 5.63. The van der Waals surface area contributed by atoms with Gasteiger partial charge in [-0.05, 0) is 36.5 Å². The van der Waals surface area contributed by atoms with E-state index in [9.17, 15) is 0 Å². The Morgan fingerprint density at radius 2 is 2.00 bits per heavy atom. The van der Waals surface area contributed by atoms with Gasteiger partial charge in [-0.15, -0.1) is 0 Å². The third kappa shape index (κ3) is 1.64. The minimum atomic E-state index is -0.0709. The lowest BCUT2D eigenvalue weighted by Gasteiger charge is -2.35. The molecular weight excluding hydrogens is 196 g/mol. The predicted molar refractivity (Wildman–Crippen MR) is 67.5 cm³/mol. The van der Waals surface area contributed by atoms with Crippen LogP contribution in [-0.4, -0.2) is 0 Å². The molecule has 0 saturated carbocycles. The molecule has 0 unspecified atom stereocenters. The summed E-state index contributed by atoms with van der Waals surface area (Å²) in [7, 11) is 0. The summed E-state index contributed by atoms with van der Waals surface area (Å²) in [5.41, 5.74) is 3.98. The zero-order valence-corrected chi connectivity index (χ0v) is 10.6. The van der Waals surface area contributed by atoms with Crippen LogP contribution in [0, 0.1) is 0 Å². The van der Waals surface area contributed by atoms with Crippen molar-refractivity contribution < 1.29 is 4.74 Å². The van der Waals surface area contributed by atoms with Gasteiger partial charge in [0, 0.05) is 5.41 Å². The van der Waals surface area contributed by atoms with Crippen LogP contribution >= 0.6 is 0 Å². The van der Waals surface area contributed by atoms with E-state index >= 15 is 0 Å². The standard InChI is InChI=1S/C15H20O/c1-10(2)12-6-7-13-9-16-11(3)15(4,5)14(13)8-12/h6-8,10H,3,9H2,1-2,4-5H3. The second kappa shape index (κ2) is 3.65. The maximum atomic E-state index is 5.63. The SMILES string of the molecule is C=C1OCc2ccc(C(C)C)cc2C1(C)C. The fourth-order valence-corrected chi connectivity index (χ4v) is 2.16. The molecule has 0 radical (unpaired) electrons. The monoisotopic (exact) mass is 216 g/mol. The van der Waals surface area contributed by atoms with Gasteiger partial charge in [-0.1, -0.05) is 38.6 Å². The molecular formula is C15H20O. The number of fused-ring (bicyclic) bond motifs is 1. The molecule has 1 aromatic rings. The maximum Gasteiger partial charge on any atom is 0.113 e. The van der Waals surface area contributed by atoms with E-state index in [1.807, 2.05) is 0 Å². The number of hydrogen-bond donors (Lipinski definition) is 0. The smallest absolute Gasteiger partial charge is 0.113 e. The van der Waals surface area contributed by atoms with E-state index in [-0.39, 0.29) is 5.41 Å². The highest BCUT2D eigenvalue weighted by atomic mass is 16.5. The number of rotatable bonds is 1. The van der Waals surface area contributed by atoms with E-state index in [4.69, 9.17) is 4.74 Å². The zero-order valence-electron chi connectivity index (χ0n) is 10.6. The molecule has 1 nitrogen and oxygen atoms in total. The van der Waals surface area contributed by atoms with Crippen molar-refractivity contribution in [3.05, 3.63) is 47.2 Å². The zero-order chi connectivity index (χ0) is 11.9. The molecule has 2 rings (SSSR count). The molecule has 86 valence electrons. The lowest BCUT2D eigenvalue weighted by atomic mass is 9.77. The van der Waals surface area contributed by atoms with E-state index in [0.717, 1.165) is 5.76 Å². The fraction of sp³-hybridized carbons (Fsp3) is 0.467. The summed E-state index contributed by atoms with van der Waals surface area (Å²) in [5.74, 6) is 1.44. The molecule has 0 N–H and O–H groups in total. The normalized spacial score (nSPS) is 18.2.